The van der Waals surface area contributed by atoms with Gasteiger partial charge in [-0.15, -0.1) is 0 Å². The Bertz CT molecular complexity index is 1130. The van der Waals surface area contributed by atoms with Crippen LogP contribution in [-0.4, -0.2) is 49.4 Å². The number of nitrogens with zero attached hydrogens (tertiary/aromatic N) is 5. The van der Waals surface area contributed by atoms with Crippen LogP contribution in [0.4, 0.5) is 11.5 Å². The summed E-state index contributed by atoms with van der Waals surface area (Å²) in [6, 6.07) is 5.99. The lowest BCUT2D eigenvalue weighted by atomic mass is 10.2. The Morgan fingerprint density at radius 2 is 1.97 bits per heavy atom. The Labute approximate surface area is 196 Å². The Morgan fingerprint density at radius 1 is 1.18 bits per heavy atom. The number of hydrogen-bond acceptors (Lipinski definition) is 8. The zero-order valence-electron chi connectivity index (χ0n) is 18.7. The van der Waals surface area contributed by atoms with Crippen molar-refractivity contribution >= 4 is 46.3 Å². The minimum atomic E-state index is -0.460. The summed E-state index contributed by atoms with van der Waals surface area (Å²) >= 11 is 1.61. The van der Waals surface area contributed by atoms with Gasteiger partial charge in [-0.1, -0.05) is 25.6 Å². The van der Waals surface area contributed by atoms with E-state index in [1.165, 1.54) is 18.2 Å². The van der Waals surface area contributed by atoms with Crippen LogP contribution in [0, 0.1) is 10.1 Å². The van der Waals surface area contributed by atoms with Crippen molar-refractivity contribution in [3.8, 4) is 0 Å². The predicted molar refractivity (Wildman–Crippen MR) is 130 cm³/mol. The van der Waals surface area contributed by atoms with Gasteiger partial charge in [-0.05, 0) is 36.6 Å². The van der Waals surface area contributed by atoms with Gasteiger partial charge in [0.2, 0.25) is 5.91 Å². The molecule has 0 bridgehead atoms. The molecule has 0 spiro atoms. The molecule has 0 aliphatic carbocycles. The average Bonchev–Trinajstić information content (AvgIpc) is 3.23. The van der Waals surface area contributed by atoms with Crippen LogP contribution in [0.2, 0.25) is 0 Å². The van der Waals surface area contributed by atoms with Crippen LogP contribution in [0.1, 0.15) is 32.3 Å². The molecule has 0 radical (unpaired) electrons. The Balaban J connectivity index is 1.62. The van der Waals surface area contributed by atoms with Crippen molar-refractivity contribution in [2.24, 2.45) is 0 Å². The summed E-state index contributed by atoms with van der Waals surface area (Å²) < 4.78 is 1.77. The van der Waals surface area contributed by atoms with Gasteiger partial charge in [-0.3, -0.25) is 14.9 Å². The number of rotatable bonds is 12. The van der Waals surface area contributed by atoms with Crippen LogP contribution >= 0.6 is 11.8 Å². The van der Waals surface area contributed by atoms with Crippen molar-refractivity contribution in [2.75, 3.05) is 24.2 Å². The summed E-state index contributed by atoms with van der Waals surface area (Å²) in [6.07, 6.45) is 6.77. The monoisotopic (exact) mass is 469 g/mol. The zero-order valence-corrected chi connectivity index (χ0v) is 19.5. The van der Waals surface area contributed by atoms with Gasteiger partial charge in [0.1, 0.15) is 5.82 Å². The van der Waals surface area contributed by atoms with Crippen molar-refractivity contribution in [1.29, 1.82) is 0 Å². The summed E-state index contributed by atoms with van der Waals surface area (Å²) in [5.74, 6) is 1.45. The fourth-order valence-electron chi connectivity index (χ4n) is 2.96. The number of amides is 1. The molecular formula is C22H27N7O3S. The fraction of sp³-hybridized carbons (Fsp3) is 0.364. The number of nitro groups is 1. The summed E-state index contributed by atoms with van der Waals surface area (Å²) in [4.78, 5) is 31.7. The average molecular weight is 470 g/mol. The molecule has 0 aliphatic rings. The lowest BCUT2D eigenvalue weighted by Gasteiger charge is -2.09. The van der Waals surface area contributed by atoms with Gasteiger partial charge >= 0.3 is 0 Å². The Hall–Kier alpha value is -3.47. The normalized spacial score (nSPS) is 11.2. The molecule has 0 saturated carbocycles. The van der Waals surface area contributed by atoms with Gasteiger partial charge in [0.15, 0.2) is 10.8 Å². The van der Waals surface area contributed by atoms with Crippen molar-refractivity contribution in [2.45, 2.75) is 38.4 Å². The quantitative estimate of drug-likeness (QED) is 0.134. The number of carbonyl (C=O) groups is 1. The molecule has 10 nitrogen and oxygen atoms in total. The molecule has 0 atom stereocenters. The molecule has 11 heteroatoms. The number of anilines is 1. The number of nitrogens with one attached hydrogen (secondary N) is 2. The van der Waals surface area contributed by atoms with E-state index < -0.39 is 4.92 Å². The highest BCUT2D eigenvalue weighted by Gasteiger charge is 2.13. The summed E-state index contributed by atoms with van der Waals surface area (Å²) in [6.45, 7) is 5.86. The molecular weight excluding hydrogens is 442 g/mol. The number of non-ortho nitro benzene ring substituents is 1. The van der Waals surface area contributed by atoms with Gasteiger partial charge in [0.05, 0.1) is 23.1 Å². The van der Waals surface area contributed by atoms with E-state index >= 15 is 0 Å². The van der Waals surface area contributed by atoms with Gasteiger partial charge in [-0.25, -0.2) is 14.6 Å². The number of hydrogen-bond donors (Lipinski definition) is 2. The second-order valence-corrected chi connectivity index (χ2v) is 8.27. The van der Waals surface area contributed by atoms with E-state index in [1.54, 1.807) is 40.8 Å². The minimum absolute atomic E-state index is 0.0103. The number of carbonyl (C=O) groups excluding carboxylic acids is 1. The summed E-state index contributed by atoms with van der Waals surface area (Å²) in [5.41, 5.74) is 1.45. The van der Waals surface area contributed by atoms with Crippen LogP contribution in [0.25, 0.3) is 17.1 Å². The first-order chi connectivity index (χ1) is 16.0. The highest BCUT2D eigenvalue weighted by Crippen LogP contribution is 2.24. The van der Waals surface area contributed by atoms with Crippen LogP contribution < -0.4 is 10.6 Å². The third kappa shape index (κ3) is 6.75. The van der Waals surface area contributed by atoms with Crippen molar-refractivity contribution in [1.82, 2.24) is 25.1 Å². The molecule has 1 aromatic carbocycles. The molecule has 2 heterocycles. The van der Waals surface area contributed by atoms with Gasteiger partial charge < -0.3 is 10.6 Å². The first-order valence-electron chi connectivity index (χ1n) is 10.8. The molecule has 174 valence electrons. The maximum absolute atomic E-state index is 12.2. The first-order valence-corrected chi connectivity index (χ1v) is 11.8. The van der Waals surface area contributed by atoms with Crippen LogP contribution in [0.3, 0.4) is 0 Å². The smallest absolute Gasteiger partial charge is 0.269 e. The van der Waals surface area contributed by atoms with E-state index in [0.29, 0.717) is 23.8 Å². The van der Waals surface area contributed by atoms with Crippen LogP contribution in [0.15, 0.2) is 41.7 Å². The maximum atomic E-state index is 12.2. The van der Waals surface area contributed by atoms with Crippen LogP contribution in [-0.2, 0) is 11.3 Å². The molecule has 1 amide bonds. The number of fused-ring (bicyclic) bond motifs is 1. The summed E-state index contributed by atoms with van der Waals surface area (Å²) in [5, 5.41) is 22.9. The van der Waals surface area contributed by atoms with E-state index in [1.807, 2.05) is 0 Å². The molecule has 0 unspecified atom stereocenters. The van der Waals surface area contributed by atoms with Crippen molar-refractivity contribution in [3.05, 3.63) is 52.2 Å². The predicted octanol–water partition coefficient (Wildman–Crippen LogP) is 3.89. The lowest BCUT2D eigenvalue weighted by Crippen LogP contribution is -2.25. The topological polar surface area (TPSA) is 128 Å². The summed E-state index contributed by atoms with van der Waals surface area (Å²) in [7, 11) is 0. The molecule has 33 heavy (non-hydrogen) atoms. The maximum Gasteiger partial charge on any atom is 0.269 e. The molecule has 0 fully saturated rings. The number of thioether (sulfide) groups is 1. The van der Waals surface area contributed by atoms with E-state index in [9.17, 15) is 14.9 Å². The third-order valence-corrected chi connectivity index (χ3v) is 5.66. The van der Waals surface area contributed by atoms with E-state index in [2.05, 4.69) is 39.5 Å². The zero-order chi connectivity index (χ0) is 23.6. The SMILES string of the molecule is CCCNc1nc(SCCC)nc2c1cnn2CCNC(=O)/C=C\c1ccc([N+](=O)[O-])cc1. The van der Waals surface area contributed by atoms with Gasteiger partial charge in [0, 0.05) is 37.1 Å². The fourth-order valence-corrected chi connectivity index (χ4v) is 3.65. The van der Waals surface area contributed by atoms with Crippen LogP contribution in [0.5, 0.6) is 0 Å². The van der Waals surface area contributed by atoms with E-state index in [4.69, 9.17) is 0 Å². The van der Waals surface area contributed by atoms with Gasteiger partial charge in [-0.2, -0.15) is 5.10 Å². The van der Waals surface area contributed by atoms with Crippen molar-refractivity contribution in [3.63, 3.8) is 0 Å². The molecule has 0 saturated heterocycles. The second kappa shape index (κ2) is 12.0. The number of nitro benzene ring substituents is 1. The first kappa shape index (κ1) is 24.2. The molecule has 3 aromatic rings. The van der Waals surface area contributed by atoms with E-state index in [-0.39, 0.29) is 11.6 Å². The molecule has 0 aliphatic heterocycles. The number of benzene rings is 1. The molecule has 2 N–H and O–H groups in total. The second-order valence-electron chi connectivity index (χ2n) is 7.21. The largest absolute Gasteiger partial charge is 0.369 e. The Morgan fingerprint density at radius 3 is 2.67 bits per heavy atom. The third-order valence-electron chi connectivity index (χ3n) is 4.61. The van der Waals surface area contributed by atoms with Gasteiger partial charge in [0.25, 0.3) is 5.69 Å². The molecule has 2 aromatic heterocycles. The Kier molecular flexibility index (Phi) is 8.76. The minimum Gasteiger partial charge on any atom is -0.369 e. The molecule has 3 rings (SSSR count). The highest BCUT2D eigenvalue weighted by atomic mass is 32.2. The van der Waals surface area contributed by atoms with Crippen molar-refractivity contribution < 1.29 is 9.72 Å². The number of aromatic nitrogens is 4. The lowest BCUT2D eigenvalue weighted by molar-refractivity contribution is -0.384. The highest BCUT2D eigenvalue weighted by molar-refractivity contribution is 7.99. The standard InChI is InChI=1S/C22H27N7O3S/c1-3-11-24-20-18-15-25-28(21(18)27-22(26-20)33-14-4-2)13-12-23-19(30)10-7-16-5-8-17(9-6-16)29(31)32/h5-10,15H,3-4,11-14H2,1-2H3,(H,23,30)(H,24,26,27)/b10-7-. The van der Waals surface area contributed by atoms with E-state index in [0.717, 1.165) is 42.0 Å².